The maximum atomic E-state index is 7.17. The van der Waals surface area contributed by atoms with Crippen molar-refractivity contribution in [3.8, 4) is 0 Å². The minimum absolute atomic E-state index is 2.17. The Morgan fingerprint density at radius 1 is 0.0833 bits per heavy atom. The molecule has 0 unspecified atom stereocenters. The van der Waals surface area contributed by atoms with Crippen molar-refractivity contribution in [2.24, 2.45) is 0 Å². The van der Waals surface area contributed by atoms with E-state index in [4.69, 9.17) is 181 Å². The van der Waals surface area contributed by atoms with Gasteiger partial charge in [-0.1, -0.05) is 0 Å². The van der Waals surface area contributed by atoms with E-state index in [9.17, 15) is 0 Å². The van der Waals surface area contributed by atoms with Gasteiger partial charge < -0.3 is 181 Å². The largest absolute Gasteiger partial charge is 0.631 e. The molecule has 36 N–H and O–H groups in total. The van der Waals surface area contributed by atoms with Crippen molar-refractivity contribution in [2.75, 3.05) is 0 Å². The molecule has 0 aromatic rings. The van der Waals surface area contributed by atoms with E-state index in [0.29, 0.717) is 0 Å². The quantitative estimate of drug-likeness (QED) is 0.102. The molecule has 0 rings (SSSR count). The molecule has 0 heterocycles. The Kier molecular flexibility index (Phi) is 129. The predicted molar refractivity (Wildman–Crippen MR) is 149 cm³/mol. The Balaban J connectivity index is -0.0000000295. The van der Waals surface area contributed by atoms with Gasteiger partial charge in [0.15, 0.2) is 0 Å². The summed E-state index contributed by atoms with van der Waals surface area (Å²) >= 11 is 0. The highest BCUT2D eigenvalue weighted by molar-refractivity contribution is 6.33. The van der Waals surface area contributed by atoms with Crippen LogP contribution in [0.15, 0.2) is 0 Å². The molecule has 0 spiro atoms. The number of hydrogen-bond donors (Lipinski definition) is 36. The van der Waals surface area contributed by atoms with Crippen LogP contribution in [0.3, 0.4) is 0 Å². The van der Waals surface area contributed by atoms with Gasteiger partial charge >= 0.3 is 87.9 Å². The molecular weight excluding hydrogens is 706 g/mol. The fraction of sp³-hybridized carbons (Fsp3) is 0. The van der Waals surface area contributed by atoms with Crippen LogP contribution in [-0.2, 0) is 0 Å². The zero-order chi connectivity index (χ0) is 42.9. The van der Waals surface area contributed by atoms with E-state index in [0.717, 1.165) is 0 Å². The van der Waals surface area contributed by atoms with E-state index in [1.165, 1.54) is 0 Å². The second-order valence-electron chi connectivity index (χ2n) is 4.16. The van der Waals surface area contributed by atoms with Gasteiger partial charge in [0, 0.05) is 0 Å². The molecule has 0 aliphatic heterocycles. The Morgan fingerprint density at radius 3 is 0.0833 bits per heavy atom. The standard InChI is InChI=1S/12BH3O3/c12*2-1(3)4/h12*2-4H. The first-order valence-corrected chi connectivity index (χ1v) is 9.30. The molecule has 0 aliphatic carbocycles. The zero-order valence-corrected chi connectivity index (χ0v) is 23.0. The van der Waals surface area contributed by atoms with Gasteiger partial charge in [0.05, 0.1) is 0 Å². The third-order valence-corrected chi connectivity index (χ3v) is 0. The maximum Gasteiger partial charge on any atom is 0.631 e. The molecule has 288 valence electrons. The van der Waals surface area contributed by atoms with Crippen LogP contribution in [0, 0.1) is 0 Å². The zero-order valence-electron chi connectivity index (χ0n) is 23.0. The van der Waals surface area contributed by atoms with Crippen LogP contribution in [0.25, 0.3) is 0 Å². The molecule has 0 aromatic heterocycles. The first-order valence-electron chi connectivity index (χ1n) is 9.30. The first-order chi connectivity index (χ1) is 20.8. The van der Waals surface area contributed by atoms with E-state index < -0.39 is 87.9 Å². The van der Waals surface area contributed by atoms with E-state index in [1.807, 2.05) is 0 Å². The van der Waals surface area contributed by atoms with Gasteiger partial charge in [-0.3, -0.25) is 0 Å². The highest BCUT2D eigenvalue weighted by Gasteiger charge is 1.96. The molecule has 0 aromatic carbocycles. The lowest BCUT2D eigenvalue weighted by Crippen LogP contribution is -2.07. The molecule has 48 heavy (non-hydrogen) atoms. The fourth-order valence-electron chi connectivity index (χ4n) is 0. The van der Waals surface area contributed by atoms with E-state index in [2.05, 4.69) is 0 Å². The van der Waals surface area contributed by atoms with E-state index >= 15 is 0 Å². The van der Waals surface area contributed by atoms with Gasteiger partial charge in [-0.15, -0.1) is 0 Å². The van der Waals surface area contributed by atoms with Crippen molar-refractivity contribution in [3.05, 3.63) is 0 Å². The fourth-order valence-corrected chi connectivity index (χ4v) is 0. The monoisotopic (exact) mass is 744 g/mol. The van der Waals surface area contributed by atoms with Gasteiger partial charge in [0.1, 0.15) is 0 Å². The summed E-state index contributed by atoms with van der Waals surface area (Å²) in [6.07, 6.45) is 0. The normalized spacial score (nSPS) is 6.75. The minimum atomic E-state index is -2.17. The van der Waals surface area contributed by atoms with Crippen LogP contribution in [0.1, 0.15) is 0 Å². The molecule has 0 saturated carbocycles. The van der Waals surface area contributed by atoms with Gasteiger partial charge in [0.2, 0.25) is 0 Å². The van der Waals surface area contributed by atoms with Crippen molar-refractivity contribution in [3.63, 3.8) is 0 Å². The summed E-state index contributed by atoms with van der Waals surface area (Å²) < 4.78 is 0. The van der Waals surface area contributed by atoms with Crippen LogP contribution in [0.2, 0.25) is 0 Å². The van der Waals surface area contributed by atoms with Crippen molar-refractivity contribution >= 4 is 87.9 Å². The molecule has 36 nitrogen and oxygen atoms in total. The lowest BCUT2D eigenvalue weighted by atomic mass is 10.3. The van der Waals surface area contributed by atoms with Crippen molar-refractivity contribution in [1.29, 1.82) is 0 Å². The van der Waals surface area contributed by atoms with Crippen LogP contribution in [-0.4, -0.2) is 269 Å². The lowest BCUT2D eigenvalue weighted by molar-refractivity contribution is 0.276. The summed E-state index contributed by atoms with van der Waals surface area (Å²) in [5, 5.41) is 258. The highest BCUT2D eigenvalue weighted by Crippen LogP contribution is 1.44. The Hall–Kier alpha value is -0.661. The second-order valence-corrected chi connectivity index (χ2v) is 4.16. The summed E-state index contributed by atoms with van der Waals surface area (Å²) in [6.45, 7) is 0. The van der Waals surface area contributed by atoms with Crippen LogP contribution < -0.4 is 0 Å². The molecule has 0 aliphatic rings. The third-order valence-electron chi connectivity index (χ3n) is 0. The van der Waals surface area contributed by atoms with E-state index in [1.54, 1.807) is 0 Å². The second kappa shape index (κ2) is 76.3. The third kappa shape index (κ3) is 204000. The van der Waals surface area contributed by atoms with Gasteiger partial charge in [0.25, 0.3) is 0 Å². The van der Waals surface area contributed by atoms with Crippen molar-refractivity contribution < 1.29 is 181 Å². The molecule has 0 bridgehead atoms. The average molecular weight is 742 g/mol. The SMILES string of the molecule is OB(O)O.OB(O)O.OB(O)O.OB(O)O.OB(O)O.OB(O)O.OB(O)O.OB(O)O.OB(O)O.OB(O)O.OB(O)O.OB(O)O. The topological polar surface area (TPSA) is 728 Å². The van der Waals surface area contributed by atoms with Crippen LogP contribution >= 0.6 is 0 Å². The summed E-state index contributed by atoms with van der Waals surface area (Å²) in [7, 11) is -26.0. The molecule has 0 atom stereocenters. The van der Waals surface area contributed by atoms with Crippen LogP contribution in [0.5, 0.6) is 0 Å². The maximum absolute atomic E-state index is 7.17. The molecule has 48 heteroatoms. The highest BCUT2D eigenvalue weighted by atomic mass is 16.6. The molecule has 0 amide bonds. The number of hydrogen-bond acceptors (Lipinski definition) is 36. The van der Waals surface area contributed by atoms with Crippen LogP contribution in [0.4, 0.5) is 0 Å². The Labute approximate surface area is 269 Å². The Morgan fingerprint density at radius 2 is 0.0833 bits per heavy atom. The summed E-state index contributed by atoms with van der Waals surface area (Å²) in [5.74, 6) is 0. The average Bonchev–Trinajstić information content (AvgIpc) is 2.61. The summed E-state index contributed by atoms with van der Waals surface area (Å²) in [4.78, 5) is 0. The predicted octanol–water partition coefficient (Wildman–Crippen LogP) is -24.6. The van der Waals surface area contributed by atoms with Gasteiger partial charge in [-0.2, -0.15) is 0 Å². The van der Waals surface area contributed by atoms with Crippen molar-refractivity contribution in [2.45, 2.75) is 0 Å². The lowest BCUT2D eigenvalue weighted by Gasteiger charge is -1.69. The van der Waals surface area contributed by atoms with Gasteiger partial charge in [-0.05, 0) is 0 Å². The minimum Gasteiger partial charge on any atom is -0.402 e. The first kappa shape index (κ1) is 81.4. The van der Waals surface area contributed by atoms with Gasteiger partial charge in [-0.25, -0.2) is 0 Å². The summed E-state index contributed by atoms with van der Waals surface area (Å²) in [6, 6.07) is 0. The smallest absolute Gasteiger partial charge is 0.402 e. The molecular formula is H36B12O36. The summed E-state index contributed by atoms with van der Waals surface area (Å²) in [5.41, 5.74) is 0. The molecule has 0 saturated heterocycles. The molecule has 0 fully saturated rings. The number of rotatable bonds is 0. The van der Waals surface area contributed by atoms with E-state index in [-0.39, 0.29) is 0 Å². The van der Waals surface area contributed by atoms with Crippen molar-refractivity contribution in [1.82, 2.24) is 0 Å². The molecule has 0 radical (unpaired) electrons. The Bertz CT molecular complexity index is 225.